The Morgan fingerprint density at radius 1 is 1.18 bits per heavy atom. The van der Waals surface area contributed by atoms with Gasteiger partial charge in [0, 0.05) is 0 Å². The van der Waals surface area contributed by atoms with Crippen LogP contribution >= 0.6 is 0 Å². The van der Waals surface area contributed by atoms with Gasteiger partial charge in [0.05, 0.1) is 18.8 Å². The number of anilines is 1. The molecule has 0 heterocycles. The highest BCUT2D eigenvalue weighted by Gasteiger charge is 2.12. The Hall–Kier alpha value is -1.55. The lowest BCUT2D eigenvalue weighted by Gasteiger charge is -2.21. The van der Waals surface area contributed by atoms with Crippen LogP contribution in [-0.2, 0) is 4.79 Å². The van der Waals surface area contributed by atoms with Gasteiger partial charge in [-0.1, -0.05) is 39.8 Å². The Balaban J connectivity index is 2.62. The number of carbonyl (C=O) groups excluding carboxylic acids is 1. The summed E-state index contributed by atoms with van der Waals surface area (Å²) in [4.78, 5) is 14.4. The average molecular weight is 306 g/mol. The Morgan fingerprint density at radius 3 is 2.41 bits per heavy atom. The summed E-state index contributed by atoms with van der Waals surface area (Å²) < 4.78 is 5.77. The third-order valence-electron chi connectivity index (χ3n) is 3.18. The van der Waals surface area contributed by atoms with E-state index in [9.17, 15) is 4.79 Å². The third kappa shape index (κ3) is 6.94. The molecular weight excluding hydrogens is 276 g/mol. The van der Waals surface area contributed by atoms with E-state index in [1.807, 2.05) is 24.3 Å². The molecule has 0 saturated carbocycles. The van der Waals surface area contributed by atoms with E-state index in [0.29, 0.717) is 19.1 Å². The molecule has 0 aliphatic rings. The maximum Gasteiger partial charge on any atom is 0.238 e. The molecule has 0 bridgehead atoms. The minimum absolute atomic E-state index is 0.0162. The fraction of sp³-hybridized carbons (Fsp3) is 0.611. The summed E-state index contributed by atoms with van der Waals surface area (Å²) in [6.07, 6.45) is 2.11. The lowest BCUT2D eigenvalue weighted by molar-refractivity contribution is -0.117. The van der Waals surface area contributed by atoms with Gasteiger partial charge in [-0.15, -0.1) is 0 Å². The lowest BCUT2D eigenvalue weighted by Crippen LogP contribution is -2.34. The van der Waals surface area contributed by atoms with Crippen LogP contribution in [0.3, 0.4) is 0 Å². The van der Waals surface area contributed by atoms with Crippen molar-refractivity contribution in [2.24, 2.45) is 5.92 Å². The Bertz CT molecular complexity index is 440. The molecule has 124 valence electrons. The zero-order valence-corrected chi connectivity index (χ0v) is 14.4. The van der Waals surface area contributed by atoms with Crippen molar-refractivity contribution in [2.75, 3.05) is 31.6 Å². The summed E-state index contributed by atoms with van der Waals surface area (Å²) in [5.74, 6) is 1.21. The first-order valence-electron chi connectivity index (χ1n) is 8.30. The number of ether oxygens (including phenoxy) is 1. The molecule has 0 unspecified atom stereocenters. The van der Waals surface area contributed by atoms with Crippen LogP contribution in [0, 0.1) is 5.92 Å². The van der Waals surface area contributed by atoms with Gasteiger partial charge in [0.1, 0.15) is 5.75 Å². The van der Waals surface area contributed by atoms with Crippen molar-refractivity contribution in [1.29, 1.82) is 0 Å². The van der Waals surface area contributed by atoms with E-state index >= 15 is 0 Å². The van der Waals surface area contributed by atoms with Gasteiger partial charge in [0.25, 0.3) is 0 Å². The molecule has 0 fully saturated rings. The molecule has 0 aromatic heterocycles. The van der Waals surface area contributed by atoms with Gasteiger partial charge in [0.2, 0.25) is 5.91 Å². The van der Waals surface area contributed by atoms with E-state index in [1.54, 1.807) is 0 Å². The molecule has 1 N–H and O–H groups in total. The second-order valence-electron chi connectivity index (χ2n) is 6.03. The zero-order valence-electron chi connectivity index (χ0n) is 14.4. The predicted octanol–water partition coefficient (Wildman–Crippen LogP) is 3.78. The number of nitrogens with one attached hydrogen (secondary N) is 1. The topological polar surface area (TPSA) is 41.6 Å². The van der Waals surface area contributed by atoms with Crippen molar-refractivity contribution in [1.82, 2.24) is 4.90 Å². The molecule has 0 spiro atoms. The van der Waals surface area contributed by atoms with E-state index in [4.69, 9.17) is 4.74 Å². The first-order valence-corrected chi connectivity index (χ1v) is 8.30. The predicted molar refractivity (Wildman–Crippen MR) is 92.4 cm³/mol. The number of amides is 1. The monoisotopic (exact) mass is 306 g/mol. The van der Waals surface area contributed by atoms with E-state index in [0.717, 1.165) is 37.4 Å². The number of hydrogen-bond acceptors (Lipinski definition) is 3. The first-order chi connectivity index (χ1) is 10.6. The van der Waals surface area contributed by atoms with Gasteiger partial charge in [0.15, 0.2) is 0 Å². The highest BCUT2D eigenvalue weighted by atomic mass is 16.5. The average Bonchev–Trinajstić information content (AvgIpc) is 2.46. The molecule has 4 heteroatoms. The van der Waals surface area contributed by atoms with Crippen molar-refractivity contribution in [2.45, 2.75) is 40.5 Å². The minimum Gasteiger partial charge on any atom is -0.491 e. The molecule has 0 aliphatic carbocycles. The van der Waals surface area contributed by atoms with Gasteiger partial charge < -0.3 is 10.1 Å². The van der Waals surface area contributed by atoms with Gasteiger partial charge in [-0.2, -0.15) is 0 Å². The largest absolute Gasteiger partial charge is 0.491 e. The highest BCUT2D eigenvalue weighted by molar-refractivity contribution is 5.93. The summed E-state index contributed by atoms with van der Waals surface area (Å²) in [5.41, 5.74) is 0.751. The molecule has 1 aromatic carbocycles. The molecular formula is C18H30N2O2. The zero-order chi connectivity index (χ0) is 16.4. The number of para-hydroxylation sites is 2. The fourth-order valence-corrected chi connectivity index (χ4v) is 2.25. The van der Waals surface area contributed by atoms with Gasteiger partial charge >= 0.3 is 0 Å². The number of carbonyl (C=O) groups is 1. The molecule has 0 atom stereocenters. The van der Waals surface area contributed by atoms with Crippen LogP contribution in [0.4, 0.5) is 5.69 Å². The second-order valence-corrected chi connectivity index (χ2v) is 6.03. The van der Waals surface area contributed by atoms with Crippen LogP contribution in [0.15, 0.2) is 24.3 Å². The van der Waals surface area contributed by atoms with Crippen molar-refractivity contribution in [3.8, 4) is 5.75 Å². The van der Waals surface area contributed by atoms with Crippen LogP contribution in [0.5, 0.6) is 5.75 Å². The van der Waals surface area contributed by atoms with Gasteiger partial charge in [-0.3, -0.25) is 9.69 Å². The van der Waals surface area contributed by atoms with Crippen LogP contribution in [0.2, 0.25) is 0 Å². The molecule has 0 radical (unpaired) electrons. The molecule has 1 aromatic rings. The highest BCUT2D eigenvalue weighted by Crippen LogP contribution is 2.24. The number of rotatable bonds is 10. The first kappa shape index (κ1) is 18.5. The standard InChI is InChI=1S/C18H30N2O2/c1-5-11-20(12-6-2)13-18(21)19-16-9-7-8-10-17(16)22-14-15(3)4/h7-10,15H,5-6,11-14H2,1-4H3,(H,19,21). The molecule has 1 rings (SSSR count). The number of hydrogen-bond donors (Lipinski definition) is 1. The Morgan fingerprint density at radius 2 is 1.82 bits per heavy atom. The smallest absolute Gasteiger partial charge is 0.238 e. The lowest BCUT2D eigenvalue weighted by atomic mass is 10.2. The molecule has 4 nitrogen and oxygen atoms in total. The quantitative estimate of drug-likeness (QED) is 0.715. The van der Waals surface area contributed by atoms with Crippen molar-refractivity contribution in [3.63, 3.8) is 0 Å². The molecule has 22 heavy (non-hydrogen) atoms. The van der Waals surface area contributed by atoms with Crippen molar-refractivity contribution >= 4 is 11.6 Å². The van der Waals surface area contributed by atoms with Gasteiger partial charge in [-0.25, -0.2) is 0 Å². The van der Waals surface area contributed by atoms with E-state index in [-0.39, 0.29) is 5.91 Å². The summed E-state index contributed by atoms with van der Waals surface area (Å²) in [7, 11) is 0. The Labute approximate surface area is 134 Å². The van der Waals surface area contributed by atoms with Crippen LogP contribution in [0.25, 0.3) is 0 Å². The number of nitrogens with zero attached hydrogens (tertiary/aromatic N) is 1. The SMILES string of the molecule is CCCN(CCC)CC(=O)Nc1ccccc1OCC(C)C. The summed E-state index contributed by atoms with van der Waals surface area (Å²) in [6.45, 7) is 11.5. The summed E-state index contributed by atoms with van der Waals surface area (Å²) in [5, 5.41) is 2.98. The van der Waals surface area contributed by atoms with Crippen LogP contribution in [-0.4, -0.2) is 37.0 Å². The van der Waals surface area contributed by atoms with E-state index in [2.05, 4.69) is 37.9 Å². The molecule has 0 saturated heterocycles. The van der Waals surface area contributed by atoms with E-state index < -0.39 is 0 Å². The molecule has 1 amide bonds. The fourth-order valence-electron chi connectivity index (χ4n) is 2.25. The van der Waals surface area contributed by atoms with Crippen molar-refractivity contribution in [3.05, 3.63) is 24.3 Å². The number of benzene rings is 1. The van der Waals surface area contributed by atoms with Crippen LogP contribution in [0.1, 0.15) is 40.5 Å². The normalized spacial score (nSPS) is 11.0. The van der Waals surface area contributed by atoms with Crippen molar-refractivity contribution < 1.29 is 9.53 Å². The molecule has 0 aliphatic heterocycles. The maximum atomic E-state index is 12.3. The Kier molecular flexibility index (Phi) is 8.60. The van der Waals surface area contributed by atoms with E-state index in [1.165, 1.54) is 0 Å². The van der Waals surface area contributed by atoms with Gasteiger partial charge in [-0.05, 0) is 44.0 Å². The maximum absolute atomic E-state index is 12.3. The minimum atomic E-state index is 0.0162. The summed E-state index contributed by atoms with van der Waals surface area (Å²) >= 11 is 0. The second kappa shape index (κ2) is 10.2. The van der Waals surface area contributed by atoms with Crippen LogP contribution < -0.4 is 10.1 Å². The third-order valence-corrected chi connectivity index (χ3v) is 3.18. The summed E-state index contributed by atoms with van der Waals surface area (Å²) in [6, 6.07) is 7.62.